The normalized spacial score (nSPS) is 11.6. The van der Waals surface area contributed by atoms with Crippen LogP contribution in [-0.2, 0) is 0 Å². The van der Waals surface area contributed by atoms with Crippen molar-refractivity contribution in [1.29, 1.82) is 0 Å². The van der Waals surface area contributed by atoms with Gasteiger partial charge in [0.2, 0.25) is 0 Å². The highest BCUT2D eigenvalue weighted by atomic mass is 16.3. The topological polar surface area (TPSA) is 29.5 Å². The van der Waals surface area contributed by atoms with Crippen LogP contribution in [0.2, 0.25) is 0 Å². The van der Waals surface area contributed by atoms with Crippen LogP contribution in [0.4, 0.5) is 17.1 Å². The van der Waals surface area contributed by atoms with Gasteiger partial charge in [-0.05, 0) is 81.1 Å². The van der Waals surface area contributed by atoms with Gasteiger partial charge >= 0.3 is 0 Å². The van der Waals surface area contributed by atoms with Gasteiger partial charge in [-0.25, -0.2) is 0 Å². The van der Waals surface area contributed by atoms with Gasteiger partial charge in [0.25, 0.3) is 0 Å². The summed E-state index contributed by atoms with van der Waals surface area (Å²) in [7, 11) is 0. The maximum Gasteiger partial charge on any atom is 0.159 e. The van der Waals surface area contributed by atoms with Crippen LogP contribution >= 0.6 is 0 Å². The Morgan fingerprint density at radius 3 is 1.64 bits per heavy atom. The van der Waals surface area contributed by atoms with Crippen LogP contribution < -0.4 is 4.90 Å². The molecule has 0 aliphatic rings. The van der Waals surface area contributed by atoms with E-state index in [2.05, 4.69) is 181 Å². The highest BCUT2D eigenvalue weighted by Gasteiger charge is 2.22. The van der Waals surface area contributed by atoms with Crippen molar-refractivity contribution in [3.63, 3.8) is 0 Å². The van der Waals surface area contributed by atoms with Crippen LogP contribution in [-0.4, -0.2) is 0 Å². The van der Waals surface area contributed by atoms with Crippen LogP contribution in [0.5, 0.6) is 0 Å². The van der Waals surface area contributed by atoms with Crippen molar-refractivity contribution in [2.75, 3.05) is 4.90 Å². The van der Waals surface area contributed by atoms with E-state index in [9.17, 15) is 0 Å². The van der Waals surface area contributed by atoms with E-state index in [0.717, 1.165) is 83.2 Å². The van der Waals surface area contributed by atoms with Crippen molar-refractivity contribution in [2.24, 2.45) is 0 Å². The lowest BCUT2D eigenvalue weighted by atomic mass is 9.92. The summed E-state index contributed by atoms with van der Waals surface area (Å²) < 4.78 is 13.3. The van der Waals surface area contributed by atoms with Crippen LogP contribution in [0.1, 0.15) is 0 Å². The maximum atomic E-state index is 6.68. The number of anilines is 3. The second-order valence-corrected chi connectivity index (χ2v) is 14.0. The molecule has 2 aromatic heterocycles. The van der Waals surface area contributed by atoms with E-state index in [1.807, 2.05) is 24.3 Å². The Labute approximate surface area is 317 Å². The van der Waals surface area contributed by atoms with Crippen LogP contribution in [0, 0.1) is 0 Å². The van der Waals surface area contributed by atoms with Crippen molar-refractivity contribution >= 4 is 71.7 Å². The molecule has 11 aromatic rings. The fraction of sp³-hybridized carbons (Fsp3) is 0. The van der Waals surface area contributed by atoms with Crippen molar-refractivity contribution in [3.8, 4) is 33.4 Å². The van der Waals surface area contributed by atoms with Gasteiger partial charge in [-0.1, -0.05) is 158 Å². The number of benzene rings is 9. The van der Waals surface area contributed by atoms with Gasteiger partial charge in [-0.15, -0.1) is 0 Å². The lowest BCUT2D eigenvalue weighted by Crippen LogP contribution is -2.10. The molecule has 0 aliphatic heterocycles. The zero-order chi connectivity index (χ0) is 36.3. The van der Waals surface area contributed by atoms with E-state index in [1.165, 1.54) is 21.9 Å². The third-order valence-electron chi connectivity index (χ3n) is 10.9. The predicted molar refractivity (Wildman–Crippen MR) is 229 cm³/mol. The summed E-state index contributed by atoms with van der Waals surface area (Å²) in [5.41, 5.74) is 13.3. The molecule has 0 amide bonds. The molecule has 0 N–H and O–H groups in total. The summed E-state index contributed by atoms with van der Waals surface area (Å²) >= 11 is 0. The number of nitrogens with zero attached hydrogens (tertiary/aromatic N) is 1. The number of hydrogen-bond acceptors (Lipinski definition) is 3. The molecule has 258 valence electrons. The zero-order valence-corrected chi connectivity index (χ0v) is 29.8. The molecule has 3 nitrogen and oxygen atoms in total. The summed E-state index contributed by atoms with van der Waals surface area (Å²) in [4.78, 5) is 2.33. The van der Waals surface area contributed by atoms with Gasteiger partial charge in [0, 0.05) is 38.5 Å². The molecular weight excluding hydrogens is 671 g/mol. The fourth-order valence-corrected chi connectivity index (χ4v) is 8.32. The lowest BCUT2D eigenvalue weighted by Gasteiger charge is -2.27. The number of rotatable bonds is 6. The Morgan fingerprint density at radius 1 is 0.309 bits per heavy atom. The van der Waals surface area contributed by atoms with E-state index in [0.29, 0.717) is 0 Å². The summed E-state index contributed by atoms with van der Waals surface area (Å²) in [6.45, 7) is 0. The van der Waals surface area contributed by atoms with E-state index in [1.54, 1.807) is 0 Å². The molecule has 11 rings (SSSR count). The van der Waals surface area contributed by atoms with Gasteiger partial charge in [0.05, 0.1) is 5.69 Å². The molecule has 0 saturated carbocycles. The lowest BCUT2D eigenvalue weighted by molar-refractivity contribution is 0.669. The molecule has 2 heterocycles. The molecule has 3 heteroatoms. The standard InChI is InChI=1S/C52H33NO2/c1-2-13-35(14-3-1)47-33-38(31-32-41(47)44-21-11-22-45-42-18-6-8-25-49(42)54-51(44)45)53(48-24-12-23-46-43-19-7-9-26-50(43)55-52(46)48)37-29-27-36(28-30-37)40-20-10-16-34-15-4-5-17-39(34)40/h1-33H. The minimum Gasteiger partial charge on any atom is -0.455 e. The van der Waals surface area contributed by atoms with Crippen molar-refractivity contribution in [3.05, 3.63) is 200 Å². The second-order valence-electron chi connectivity index (χ2n) is 14.0. The Balaban J connectivity index is 1.14. The molecule has 0 atom stereocenters. The number of furan rings is 2. The Morgan fingerprint density at radius 2 is 0.855 bits per heavy atom. The van der Waals surface area contributed by atoms with Gasteiger partial charge in [-0.3, -0.25) is 0 Å². The summed E-state index contributed by atoms with van der Waals surface area (Å²) in [6.07, 6.45) is 0. The highest BCUT2D eigenvalue weighted by Crippen LogP contribution is 2.46. The van der Waals surface area contributed by atoms with Gasteiger partial charge in [0.15, 0.2) is 5.58 Å². The minimum absolute atomic E-state index is 0.846. The highest BCUT2D eigenvalue weighted by molar-refractivity contribution is 6.12. The van der Waals surface area contributed by atoms with Crippen LogP contribution in [0.3, 0.4) is 0 Å². The molecule has 0 bridgehead atoms. The average Bonchev–Trinajstić information content (AvgIpc) is 3.84. The van der Waals surface area contributed by atoms with Crippen molar-refractivity contribution < 1.29 is 8.83 Å². The molecule has 0 spiro atoms. The van der Waals surface area contributed by atoms with Gasteiger partial charge in [-0.2, -0.15) is 0 Å². The number of hydrogen-bond donors (Lipinski definition) is 0. The smallest absolute Gasteiger partial charge is 0.159 e. The SMILES string of the molecule is c1ccc(-c2cc(N(c3ccc(-c4cccc5ccccc45)cc3)c3cccc4c3oc3ccccc34)ccc2-c2cccc3c2oc2ccccc23)cc1. The maximum absolute atomic E-state index is 6.68. The minimum atomic E-state index is 0.846. The molecular formula is C52H33NO2. The molecule has 0 fully saturated rings. The van der Waals surface area contributed by atoms with Gasteiger partial charge in [0.1, 0.15) is 16.7 Å². The monoisotopic (exact) mass is 703 g/mol. The Kier molecular flexibility index (Phi) is 7.17. The van der Waals surface area contributed by atoms with Crippen LogP contribution in [0.15, 0.2) is 209 Å². The van der Waals surface area contributed by atoms with E-state index >= 15 is 0 Å². The molecule has 0 saturated heterocycles. The van der Waals surface area contributed by atoms with E-state index < -0.39 is 0 Å². The third kappa shape index (κ3) is 5.13. The molecule has 55 heavy (non-hydrogen) atoms. The third-order valence-corrected chi connectivity index (χ3v) is 10.9. The fourth-order valence-electron chi connectivity index (χ4n) is 8.32. The first-order valence-corrected chi connectivity index (χ1v) is 18.7. The molecule has 0 aliphatic carbocycles. The van der Waals surface area contributed by atoms with E-state index in [4.69, 9.17) is 8.83 Å². The number of para-hydroxylation sites is 4. The average molecular weight is 704 g/mol. The summed E-state index contributed by atoms with van der Waals surface area (Å²) in [6, 6.07) is 70.9. The summed E-state index contributed by atoms with van der Waals surface area (Å²) in [5.74, 6) is 0. The second kappa shape index (κ2) is 12.6. The zero-order valence-electron chi connectivity index (χ0n) is 29.8. The molecule has 9 aromatic carbocycles. The first-order chi connectivity index (χ1) is 27.3. The van der Waals surface area contributed by atoms with Crippen molar-refractivity contribution in [1.82, 2.24) is 0 Å². The Bertz CT molecular complexity index is 3200. The van der Waals surface area contributed by atoms with Crippen LogP contribution in [0.25, 0.3) is 88.0 Å². The Hall–Kier alpha value is -7.36. The first kappa shape index (κ1) is 31.2. The largest absolute Gasteiger partial charge is 0.455 e. The first-order valence-electron chi connectivity index (χ1n) is 18.7. The molecule has 0 radical (unpaired) electrons. The van der Waals surface area contributed by atoms with E-state index in [-0.39, 0.29) is 0 Å². The van der Waals surface area contributed by atoms with Gasteiger partial charge < -0.3 is 13.7 Å². The number of fused-ring (bicyclic) bond motifs is 7. The summed E-state index contributed by atoms with van der Waals surface area (Å²) in [5, 5.41) is 6.89. The van der Waals surface area contributed by atoms with Crippen molar-refractivity contribution in [2.45, 2.75) is 0 Å². The predicted octanol–water partition coefficient (Wildman–Crippen LogP) is 15.1. The quantitative estimate of drug-likeness (QED) is 0.173. The molecule has 0 unspecified atom stereocenters.